The van der Waals surface area contributed by atoms with Crippen molar-refractivity contribution in [1.82, 2.24) is 5.32 Å². The van der Waals surface area contributed by atoms with E-state index in [1.54, 1.807) is 0 Å². The van der Waals surface area contributed by atoms with Gasteiger partial charge in [-0.15, -0.1) is 0 Å². The van der Waals surface area contributed by atoms with Gasteiger partial charge in [0.2, 0.25) is 0 Å². The molecule has 0 saturated heterocycles. The highest BCUT2D eigenvalue weighted by Crippen LogP contribution is 2.29. The molecule has 0 fully saturated rings. The smallest absolute Gasteiger partial charge is 0.387 e. The first kappa shape index (κ1) is 21.9. The summed E-state index contributed by atoms with van der Waals surface area (Å²) in [4.78, 5) is 23.8. The van der Waals surface area contributed by atoms with E-state index in [4.69, 9.17) is 14.2 Å². The molecule has 29 heavy (non-hydrogen) atoms. The maximum absolute atomic E-state index is 12.3. The first-order valence-electron chi connectivity index (χ1n) is 8.65. The fourth-order valence-electron chi connectivity index (χ4n) is 2.32. The largest absolute Gasteiger partial charge is 0.493 e. The number of esters is 1. The Labute approximate surface area is 166 Å². The second-order valence-corrected chi connectivity index (χ2v) is 5.84. The molecule has 0 heterocycles. The predicted octanol–water partition coefficient (Wildman–Crippen LogP) is 2.96. The van der Waals surface area contributed by atoms with Crippen molar-refractivity contribution >= 4 is 11.9 Å². The predicted molar refractivity (Wildman–Crippen MR) is 99.6 cm³/mol. The Kier molecular flexibility index (Phi) is 8.20. The van der Waals surface area contributed by atoms with E-state index in [9.17, 15) is 18.4 Å². The third-order valence-electron chi connectivity index (χ3n) is 3.63. The SMILES string of the molecule is COc1cc(C(=O)OCC(=O)NCCOc2cccc(C)c2)ccc1OC(F)F. The van der Waals surface area contributed by atoms with Gasteiger partial charge < -0.3 is 24.3 Å². The third-order valence-corrected chi connectivity index (χ3v) is 3.63. The van der Waals surface area contributed by atoms with E-state index in [-0.39, 0.29) is 30.2 Å². The molecule has 0 atom stereocenters. The van der Waals surface area contributed by atoms with Crippen molar-refractivity contribution in [1.29, 1.82) is 0 Å². The van der Waals surface area contributed by atoms with Crippen molar-refractivity contribution < 1.29 is 37.3 Å². The van der Waals surface area contributed by atoms with Gasteiger partial charge in [0.25, 0.3) is 5.91 Å². The molecule has 0 spiro atoms. The highest BCUT2D eigenvalue weighted by Gasteiger charge is 2.16. The number of nitrogens with one attached hydrogen (secondary N) is 1. The molecule has 2 rings (SSSR count). The van der Waals surface area contributed by atoms with Crippen molar-refractivity contribution in [3.05, 3.63) is 53.6 Å². The first-order valence-corrected chi connectivity index (χ1v) is 8.65. The van der Waals surface area contributed by atoms with Crippen LogP contribution in [-0.2, 0) is 9.53 Å². The molecule has 1 amide bonds. The van der Waals surface area contributed by atoms with Crippen LogP contribution in [-0.4, -0.2) is 45.4 Å². The topological polar surface area (TPSA) is 83.1 Å². The summed E-state index contributed by atoms with van der Waals surface area (Å²) in [5.74, 6) is -0.893. The Morgan fingerprint density at radius 3 is 2.59 bits per heavy atom. The quantitative estimate of drug-likeness (QED) is 0.480. The molecule has 0 aliphatic carbocycles. The fraction of sp³-hybridized carbons (Fsp3) is 0.300. The molecule has 0 aliphatic rings. The van der Waals surface area contributed by atoms with Crippen LogP contribution in [0, 0.1) is 6.92 Å². The summed E-state index contributed by atoms with van der Waals surface area (Å²) in [6, 6.07) is 11.1. The molecule has 7 nitrogen and oxygen atoms in total. The lowest BCUT2D eigenvalue weighted by Crippen LogP contribution is -2.32. The minimum Gasteiger partial charge on any atom is -0.493 e. The average Bonchev–Trinajstić information content (AvgIpc) is 2.69. The van der Waals surface area contributed by atoms with Crippen LogP contribution in [0.2, 0.25) is 0 Å². The van der Waals surface area contributed by atoms with Crippen LogP contribution in [0.5, 0.6) is 17.2 Å². The molecule has 0 unspecified atom stereocenters. The van der Waals surface area contributed by atoms with Crippen LogP contribution in [0.15, 0.2) is 42.5 Å². The Morgan fingerprint density at radius 1 is 1.10 bits per heavy atom. The van der Waals surface area contributed by atoms with Crippen molar-refractivity contribution in [3.8, 4) is 17.2 Å². The van der Waals surface area contributed by atoms with E-state index in [0.717, 1.165) is 11.6 Å². The number of aryl methyl sites for hydroxylation is 1. The van der Waals surface area contributed by atoms with Crippen LogP contribution < -0.4 is 19.5 Å². The molecule has 2 aromatic carbocycles. The molecular weight excluding hydrogens is 388 g/mol. The second kappa shape index (κ2) is 10.8. The number of benzene rings is 2. The van der Waals surface area contributed by atoms with E-state index < -0.39 is 25.1 Å². The zero-order chi connectivity index (χ0) is 21.2. The number of halogens is 2. The zero-order valence-electron chi connectivity index (χ0n) is 15.9. The molecule has 1 N–H and O–H groups in total. The van der Waals surface area contributed by atoms with Crippen LogP contribution in [0.3, 0.4) is 0 Å². The normalized spacial score (nSPS) is 10.4. The number of rotatable bonds is 10. The Bertz CT molecular complexity index is 843. The number of carbonyl (C=O) groups excluding carboxylic acids is 2. The van der Waals surface area contributed by atoms with Gasteiger partial charge in [0.15, 0.2) is 18.1 Å². The number of hydrogen-bond donors (Lipinski definition) is 1. The lowest BCUT2D eigenvalue weighted by Gasteiger charge is -2.11. The monoisotopic (exact) mass is 409 g/mol. The lowest BCUT2D eigenvalue weighted by atomic mass is 10.2. The number of hydrogen-bond acceptors (Lipinski definition) is 6. The molecule has 0 saturated carbocycles. The molecule has 156 valence electrons. The van der Waals surface area contributed by atoms with Crippen LogP contribution in [0.25, 0.3) is 0 Å². The first-order chi connectivity index (χ1) is 13.9. The molecule has 0 aliphatic heterocycles. The van der Waals surface area contributed by atoms with E-state index in [1.807, 2.05) is 31.2 Å². The van der Waals surface area contributed by atoms with Crippen molar-refractivity contribution in [2.45, 2.75) is 13.5 Å². The van der Waals surface area contributed by atoms with Crippen molar-refractivity contribution in [2.75, 3.05) is 26.9 Å². The van der Waals surface area contributed by atoms with Crippen LogP contribution in [0.1, 0.15) is 15.9 Å². The van der Waals surface area contributed by atoms with E-state index in [1.165, 1.54) is 19.2 Å². The van der Waals surface area contributed by atoms with E-state index in [2.05, 4.69) is 10.1 Å². The Hall–Kier alpha value is -3.36. The second-order valence-electron chi connectivity index (χ2n) is 5.84. The van der Waals surface area contributed by atoms with Gasteiger partial charge in [-0.3, -0.25) is 4.79 Å². The Balaban J connectivity index is 1.75. The maximum atomic E-state index is 12.3. The third kappa shape index (κ3) is 7.28. The summed E-state index contributed by atoms with van der Waals surface area (Å²) < 4.78 is 44.2. The Morgan fingerprint density at radius 2 is 1.90 bits per heavy atom. The minimum atomic E-state index is -3.03. The molecule has 0 bridgehead atoms. The molecule has 2 aromatic rings. The van der Waals surface area contributed by atoms with Gasteiger partial charge in [-0.2, -0.15) is 8.78 Å². The number of methoxy groups -OCH3 is 1. The van der Waals surface area contributed by atoms with Gasteiger partial charge in [0.05, 0.1) is 19.2 Å². The van der Waals surface area contributed by atoms with Gasteiger partial charge >= 0.3 is 12.6 Å². The maximum Gasteiger partial charge on any atom is 0.387 e. The number of amides is 1. The molecule has 0 aromatic heterocycles. The summed E-state index contributed by atoms with van der Waals surface area (Å²) in [5.41, 5.74) is 1.09. The number of carbonyl (C=O) groups is 2. The number of ether oxygens (including phenoxy) is 4. The summed E-state index contributed by atoms with van der Waals surface area (Å²) >= 11 is 0. The van der Waals surface area contributed by atoms with Gasteiger partial charge in [-0.1, -0.05) is 12.1 Å². The number of alkyl halides is 2. The average molecular weight is 409 g/mol. The minimum absolute atomic E-state index is 0.0269. The van der Waals surface area contributed by atoms with Crippen LogP contribution in [0.4, 0.5) is 8.78 Å². The lowest BCUT2D eigenvalue weighted by molar-refractivity contribution is -0.124. The summed E-state index contributed by atoms with van der Waals surface area (Å²) in [5, 5.41) is 2.56. The van der Waals surface area contributed by atoms with Crippen molar-refractivity contribution in [2.24, 2.45) is 0 Å². The highest BCUT2D eigenvalue weighted by atomic mass is 19.3. The summed E-state index contributed by atoms with van der Waals surface area (Å²) in [7, 11) is 1.25. The van der Waals surface area contributed by atoms with Gasteiger partial charge in [-0.25, -0.2) is 4.79 Å². The fourth-order valence-corrected chi connectivity index (χ4v) is 2.32. The van der Waals surface area contributed by atoms with Gasteiger partial charge in [0.1, 0.15) is 12.4 Å². The van der Waals surface area contributed by atoms with Crippen molar-refractivity contribution in [3.63, 3.8) is 0 Å². The molecule has 9 heteroatoms. The molecular formula is C20H21F2NO6. The molecule has 0 radical (unpaired) electrons. The van der Waals surface area contributed by atoms with E-state index in [0.29, 0.717) is 5.75 Å². The summed E-state index contributed by atoms with van der Waals surface area (Å²) in [6.45, 7) is -1.09. The van der Waals surface area contributed by atoms with Crippen LogP contribution >= 0.6 is 0 Å². The standard InChI is InChI=1S/C20H21F2NO6/c1-13-4-3-5-15(10-13)27-9-8-23-18(24)12-28-19(25)14-6-7-16(29-20(21)22)17(11-14)26-2/h3-7,10-11,20H,8-9,12H2,1-2H3,(H,23,24). The van der Waals surface area contributed by atoms with Gasteiger partial charge in [0, 0.05) is 0 Å². The van der Waals surface area contributed by atoms with Gasteiger partial charge in [-0.05, 0) is 42.8 Å². The summed E-state index contributed by atoms with van der Waals surface area (Å²) in [6.07, 6.45) is 0. The highest BCUT2D eigenvalue weighted by molar-refractivity contribution is 5.92. The van der Waals surface area contributed by atoms with E-state index >= 15 is 0 Å². The zero-order valence-corrected chi connectivity index (χ0v) is 15.9.